The standard InChI is InChI=1S/C22H27FN6OS/c1-15(2)31-22-26-19(28-11-6-3-7-12-28)17-14-25-29(20(17)27-22)13-10-24-21(30)16-8-4-5-9-18(16)23/h4-5,8-9,14-15H,3,6-7,10-13H2,1-2H3,(H,24,30). The lowest BCUT2D eigenvalue weighted by Crippen LogP contribution is -2.30. The molecule has 1 aromatic carbocycles. The SMILES string of the molecule is CC(C)Sc1nc(N2CCCCC2)c2cnn(CCNC(=O)c3ccccc3F)c2n1. The molecular formula is C22H27FN6OS. The second-order valence-corrected chi connectivity index (χ2v) is 9.43. The Balaban J connectivity index is 1.55. The van der Waals surface area contributed by atoms with Gasteiger partial charge in [-0.15, -0.1) is 0 Å². The van der Waals surface area contributed by atoms with E-state index >= 15 is 0 Å². The van der Waals surface area contributed by atoms with Gasteiger partial charge in [0.15, 0.2) is 10.8 Å². The van der Waals surface area contributed by atoms with Crippen LogP contribution in [0.3, 0.4) is 0 Å². The largest absolute Gasteiger partial charge is 0.356 e. The number of benzene rings is 1. The molecule has 3 heterocycles. The second-order valence-electron chi connectivity index (χ2n) is 7.88. The van der Waals surface area contributed by atoms with E-state index in [1.165, 1.54) is 18.6 Å². The molecule has 4 rings (SSSR count). The maximum absolute atomic E-state index is 13.8. The summed E-state index contributed by atoms with van der Waals surface area (Å²) in [7, 11) is 0. The molecule has 0 saturated carbocycles. The summed E-state index contributed by atoms with van der Waals surface area (Å²) in [6.07, 6.45) is 5.38. The van der Waals surface area contributed by atoms with Crippen LogP contribution in [0.1, 0.15) is 43.5 Å². The number of anilines is 1. The molecule has 7 nitrogen and oxygen atoms in total. The van der Waals surface area contributed by atoms with Crippen LogP contribution < -0.4 is 10.2 Å². The highest BCUT2D eigenvalue weighted by atomic mass is 32.2. The first-order chi connectivity index (χ1) is 15.0. The van der Waals surface area contributed by atoms with Crippen molar-refractivity contribution >= 4 is 34.5 Å². The number of piperidine rings is 1. The van der Waals surface area contributed by atoms with Crippen LogP contribution in [-0.2, 0) is 6.54 Å². The van der Waals surface area contributed by atoms with E-state index in [0.29, 0.717) is 18.3 Å². The minimum Gasteiger partial charge on any atom is -0.356 e. The van der Waals surface area contributed by atoms with Gasteiger partial charge in [-0.1, -0.05) is 37.7 Å². The second kappa shape index (κ2) is 9.64. The summed E-state index contributed by atoms with van der Waals surface area (Å²) in [5, 5.41) is 9.31. The van der Waals surface area contributed by atoms with E-state index in [2.05, 4.69) is 29.2 Å². The monoisotopic (exact) mass is 442 g/mol. The fourth-order valence-corrected chi connectivity index (χ4v) is 4.41. The van der Waals surface area contributed by atoms with Crippen LogP contribution in [-0.4, -0.2) is 50.5 Å². The summed E-state index contributed by atoms with van der Waals surface area (Å²) in [5.41, 5.74) is 0.803. The topological polar surface area (TPSA) is 75.9 Å². The van der Waals surface area contributed by atoms with Gasteiger partial charge in [-0.2, -0.15) is 5.10 Å². The number of carbonyl (C=O) groups is 1. The number of amides is 1. The highest BCUT2D eigenvalue weighted by Gasteiger charge is 2.20. The van der Waals surface area contributed by atoms with Crippen molar-refractivity contribution < 1.29 is 9.18 Å². The number of halogens is 1. The van der Waals surface area contributed by atoms with Gasteiger partial charge in [0.25, 0.3) is 5.91 Å². The Labute approximate surface area is 185 Å². The number of carbonyl (C=O) groups excluding carboxylic acids is 1. The Hall–Kier alpha value is -2.68. The number of hydrogen-bond acceptors (Lipinski definition) is 6. The number of rotatable bonds is 7. The van der Waals surface area contributed by atoms with Crippen LogP contribution in [0.2, 0.25) is 0 Å². The molecule has 0 spiro atoms. The van der Waals surface area contributed by atoms with Gasteiger partial charge >= 0.3 is 0 Å². The number of nitrogens with zero attached hydrogens (tertiary/aromatic N) is 5. The van der Waals surface area contributed by atoms with Gasteiger partial charge in [0.1, 0.15) is 11.6 Å². The summed E-state index contributed by atoms with van der Waals surface area (Å²) in [5.74, 6) is -0.0254. The fourth-order valence-electron chi connectivity index (χ4n) is 3.71. The molecule has 1 aliphatic rings. The molecule has 9 heteroatoms. The summed E-state index contributed by atoms with van der Waals surface area (Å²) in [4.78, 5) is 24.2. The van der Waals surface area contributed by atoms with Crippen LogP contribution in [0.25, 0.3) is 11.0 Å². The quantitative estimate of drug-likeness (QED) is 0.442. The zero-order valence-corrected chi connectivity index (χ0v) is 18.7. The van der Waals surface area contributed by atoms with Gasteiger partial charge in [0, 0.05) is 24.9 Å². The van der Waals surface area contributed by atoms with E-state index in [9.17, 15) is 9.18 Å². The molecule has 1 saturated heterocycles. The maximum Gasteiger partial charge on any atom is 0.254 e. The lowest BCUT2D eigenvalue weighted by atomic mass is 10.1. The molecule has 0 bridgehead atoms. The van der Waals surface area contributed by atoms with Gasteiger partial charge in [0.05, 0.1) is 23.7 Å². The van der Waals surface area contributed by atoms with Crippen LogP contribution in [0.4, 0.5) is 10.2 Å². The Kier molecular flexibility index (Phi) is 6.70. The first-order valence-electron chi connectivity index (χ1n) is 10.7. The Bertz CT molecular complexity index is 1060. The lowest BCUT2D eigenvalue weighted by molar-refractivity contribution is 0.0948. The van der Waals surface area contributed by atoms with Crippen molar-refractivity contribution in [2.75, 3.05) is 24.5 Å². The summed E-state index contributed by atoms with van der Waals surface area (Å²) in [6.45, 7) is 6.97. The third-order valence-electron chi connectivity index (χ3n) is 5.18. The zero-order valence-electron chi connectivity index (χ0n) is 17.8. The number of nitrogens with one attached hydrogen (secondary N) is 1. The van der Waals surface area contributed by atoms with E-state index in [0.717, 1.165) is 47.9 Å². The smallest absolute Gasteiger partial charge is 0.254 e. The highest BCUT2D eigenvalue weighted by molar-refractivity contribution is 7.99. The number of aromatic nitrogens is 4. The van der Waals surface area contributed by atoms with E-state index in [4.69, 9.17) is 9.97 Å². The summed E-state index contributed by atoms with van der Waals surface area (Å²) in [6, 6.07) is 5.96. The summed E-state index contributed by atoms with van der Waals surface area (Å²) >= 11 is 1.63. The van der Waals surface area contributed by atoms with Crippen molar-refractivity contribution in [1.82, 2.24) is 25.1 Å². The molecular weight excluding hydrogens is 415 g/mol. The summed E-state index contributed by atoms with van der Waals surface area (Å²) < 4.78 is 15.6. The molecule has 0 atom stereocenters. The predicted octanol–water partition coefficient (Wildman–Crippen LogP) is 3.89. The molecule has 164 valence electrons. The predicted molar refractivity (Wildman–Crippen MR) is 121 cm³/mol. The molecule has 31 heavy (non-hydrogen) atoms. The van der Waals surface area contributed by atoms with E-state index in [-0.39, 0.29) is 5.56 Å². The molecule has 0 unspecified atom stereocenters. The first-order valence-corrected chi connectivity index (χ1v) is 11.6. The van der Waals surface area contributed by atoms with Crippen molar-refractivity contribution in [3.63, 3.8) is 0 Å². The molecule has 1 N–H and O–H groups in total. The van der Waals surface area contributed by atoms with Crippen molar-refractivity contribution in [2.45, 2.75) is 50.1 Å². The molecule has 0 radical (unpaired) electrons. The van der Waals surface area contributed by atoms with Gasteiger partial charge in [-0.25, -0.2) is 19.0 Å². The van der Waals surface area contributed by atoms with Crippen LogP contribution in [0.5, 0.6) is 0 Å². The molecule has 3 aromatic rings. The van der Waals surface area contributed by atoms with Gasteiger partial charge < -0.3 is 10.2 Å². The average Bonchev–Trinajstić information content (AvgIpc) is 3.16. The molecule has 2 aromatic heterocycles. The first kappa shape index (κ1) is 21.5. The maximum atomic E-state index is 13.8. The Morgan fingerprint density at radius 1 is 1.19 bits per heavy atom. The van der Waals surface area contributed by atoms with E-state index in [1.54, 1.807) is 28.6 Å². The highest BCUT2D eigenvalue weighted by Crippen LogP contribution is 2.30. The molecule has 0 aliphatic carbocycles. The van der Waals surface area contributed by atoms with E-state index < -0.39 is 11.7 Å². The van der Waals surface area contributed by atoms with Crippen LogP contribution in [0.15, 0.2) is 35.6 Å². The van der Waals surface area contributed by atoms with Crippen molar-refractivity contribution in [3.8, 4) is 0 Å². The third-order valence-corrected chi connectivity index (χ3v) is 6.04. The minimum atomic E-state index is -0.529. The fraction of sp³-hybridized carbons (Fsp3) is 0.455. The van der Waals surface area contributed by atoms with Gasteiger partial charge in [-0.05, 0) is 31.4 Å². The van der Waals surface area contributed by atoms with E-state index in [1.807, 2.05) is 6.20 Å². The van der Waals surface area contributed by atoms with Crippen LogP contribution >= 0.6 is 11.8 Å². The number of thioether (sulfide) groups is 1. The minimum absolute atomic E-state index is 0.0400. The van der Waals surface area contributed by atoms with Crippen LogP contribution in [0, 0.1) is 5.82 Å². The number of fused-ring (bicyclic) bond motifs is 1. The van der Waals surface area contributed by atoms with Crippen molar-refractivity contribution in [3.05, 3.63) is 41.8 Å². The Morgan fingerprint density at radius 3 is 2.71 bits per heavy atom. The molecule has 1 fully saturated rings. The molecule has 1 aliphatic heterocycles. The third kappa shape index (κ3) is 4.98. The Morgan fingerprint density at radius 2 is 1.97 bits per heavy atom. The van der Waals surface area contributed by atoms with Gasteiger partial charge in [0.2, 0.25) is 0 Å². The average molecular weight is 443 g/mol. The van der Waals surface area contributed by atoms with Crippen molar-refractivity contribution in [2.24, 2.45) is 0 Å². The normalized spacial score (nSPS) is 14.4. The van der Waals surface area contributed by atoms with Gasteiger partial charge in [-0.3, -0.25) is 4.79 Å². The molecule has 1 amide bonds. The number of hydrogen-bond donors (Lipinski definition) is 1. The zero-order chi connectivity index (χ0) is 21.8. The van der Waals surface area contributed by atoms with Crippen molar-refractivity contribution in [1.29, 1.82) is 0 Å². The lowest BCUT2D eigenvalue weighted by Gasteiger charge is -2.28.